The van der Waals surface area contributed by atoms with Gasteiger partial charge in [0.25, 0.3) is 0 Å². The van der Waals surface area contributed by atoms with E-state index in [9.17, 15) is 9.59 Å². The van der Waals surface area contributed by atoms with E-state index in [1.54, 1.807) is 0 Å². The number of urea groups is 1. The zero-order valence-electron chi connectivity index (χ0n) is 11.2. The largest absolute Gasteiger partial charge is 0.343 e. The first-order valence-electron chi connectivity index (χ1n) is 6.73. The third kappa shape index (κ3) is 4.52. The van der Waals surface area contributed by atoms with E-state index >= 15 is 0 Å². The maximum Gasteiger partial charge on any atom is 0.319 e. The molecule has 108 valence electrons. The second kappa shape index (κ2) is 7.28. The van der Waals surface area contributed by atoms with Gasteiger partial charge >= 0.3 is 6.03 Å². The maximum absolute atomic E-state index is 11.6. The summed E-state index contributed by atoms with van der Waals surface area (Å²) in [4.78, 5) is 24.9. The Morgan fingerprint density at radius 3 is 2.70 bits per heavy atom. The summed E-state index contributed by atoms with van der Waals surface area (Å²) in [6.45, 7) is 2.13. The first-order chi connectivity index (χ1) is 9.65. The number of hydrogen-bond acceptors (Lipinski definition) is 2. The summed E-state index contributed by atoms with van der Waals surface area (Å²) in [6, 6.07) is 7.17. The van der Waals surface area contributed by atoms with Crippen LogP contribution in [-0.4, -0.2) is 36.5 Å². The second-order valence-corrected chi connectivity index (χ2v) is 5.64. The number of rotatable bonds is 5. The summed E-state index contributed by atoms with van der Waals surface area (Å²) >= 11 is 3.34. The van der Waals surface area contributed by atoms with Crippen LogP contribution in [0.2, 0.25) is 0 Å². The van der Waals surface area contributed by atoms with Crippen molar-refractivity contribution in [1.29, 1.82) is 0 Å². The minimum absolute atomic E-state index is 0.222. The van der Waals surface area contributed by atoms with Gasteiger partial charge in [-0.25, -0.2) is 4.79 Å². The molecule has 0 atom stereocenters. The van der Waals surface area contributed by atoms with Gasteiger partial charge in [-0.05, 0) is 37.1 Å². The molecule has 1 aromatic carbocycles. The monoisotopic (exact) mass is 339 g/mol. The van der Waals surface area contributed by atoms with E-state index in [1.165, 1.54) is 0 Å². The molecule has 1 aromatic rings. The van der Waals surface area contributed by atoms with Gasteiger partial charge in [-0.2, -0.15) is 0 Å². The highest BCUT2D eigenvalue weighted by Crippen LogP contribution is 2.13. The summed E-state index contributed by atoms with van der Waals surface area (Å²) in [5, 5.41) is 5.54. The molecular formula is C14H18BrN3O2. The van der Waals surface area contributed by atoms with Gasteiger partial charge in [0.1, 0.15) is 0 Å². The van der Waals surface area contributed by atoms with Gasteiger partial charge in [-0.1, -0.05) is 15.9 Å². The topological polar surface area (TPSA) is 61.4 Å². The van der Waals surface area contributed by atoms with Crippen LogP contribution in [0.3, 0.4) is 0 Å². The average molecular weight is 340 g/mol. The van der Waals surface area contributed by atoms with E-state index < -0.39 is 0 Å². The number of carbonyl (C=O) groups excluding carboxylic acids is 2. The lowest BCUT2D eigenvalue weighted by Crippen LogP contribution is -2.32. The lowest BCUT2D eigenvalue weighted by molar-refractivity contribution is -0.127. The Morgan fingerprint density at radius 1 is 1.30 bits per heavy atom. The van der Waals surface area contributed by atoms with Crippen LogP contribution in [0.5, 0.6) is 0 Å². The van der Waals surface area contributed by atoms with Crippen molar-refractivity contribution in [2.45, 2.75) is 19.3 Å². The Balaban J connectivity index is 1.62. The molecule has 0 radical (unpaired) electrons. The predicted molar refractivity (Wildman–Crippen MR) is 81.6 cm³/mol. The molecule has 0 bridgehead atoms. The van der Waals surface area contributed by atoms with Crippen molar-refractivity contribution >= 4 is 33.6 Å². The first kappa shape index (κ1) is 14.8. The van der Waals surface area contributed by atoms with Crippen LogP contribution >= 0.6 is 15.9 Å². The van der Waals surface area contributed by atoms with Gasteiger partial charge in [0.2, 0.25) is 5.91 Å². The second-order valence-electron chi connectivity index (χ2n) is 4.73. The molecule has 1 heterocycles. The number of hydrogen-bond donors (Lipinski definition) is 2. The molecule has 0 saturated carbocycles. The van der Waals surface area contributed by atoms with E-state index in [2.05, 4.69) is 26.6 Å². The number of amides is 3. The Kier molecular flexibility index (Phi) is 5.40. The average Bonchev–Trinajstić information content (AvgIpc) is 2.83. The summed E-state index contributed by atoms with van der Waals surface area (Å²) in [5.74, 6) is 0.226. The number of halogens is 1. The highest BCUT2D eigenvalue weighted by Gasteiger charge is 2.18. The molecule has 3 amide bonds. The molecule has 0 aliphatic carbocycles. The van der Waals surface area contributed by atoms with Crippen LogP contribution < -0.4 is 10.6 Å². The van der Waals surface area contributed by atoms with Crippen LogP contribution in [0.15, 0.2) is 28.7 Å². The van der Waals surface area contributed by atoms with Crippen LogP contribution in [-0.2, 0) is 4.79 Å². The van der Waals surface area contributed by atoms with E-state index in [4.69, 9.17) is 0 Å². The molecule has 0 spiro atoms. The van der Waals surface area contributed by atoms with Crippen molar-refractivity contribution in [3.63, 3.8) is 0 Å². The quantitative estimate of drug-likeness (QED) is 0.810. The molecule has 0 unspecified atom stereocenters. The summed E-state index contributed by atoms with van der Waals surface area (Å²) < 4.78 is 0.971. The van der Waals surface area contributed by atoms with Gasteiger partial charge in [0.15, 0.2) is 0 Å². The fraction of sp³-hybridized carbons (Fsp3) is 0.429. The predicted octanol–water partition coefficient (Wildman–Crippen LogP) is 2.58. The number of nitrogens with one attached hydrogen (secondary N) is 2. The van der Waals surface area contributed by atoms with Crippen LogP contribution in [0, 0.1) is 0 Å². The Hall–Kier alpha value is -1.56. The number of benzene rings is 1. The molecule has 6 heteroatoms. The summed E-state index contributed by atoms with van der Waals surface area (Å²) in [5.41, 5.74) is 0.750. The van der Waals surface area contributed by atoms with Crippen molar-refractivity contribution in [1.82, 2.24) is 10.2 Å². The zero-order valence-corrected chi connectivity index (χ0v) is 12.8. The number of likely N-dealkylation sites (tertiary alicyclic amines) is 1. The van der Waals surface area contributed by atoms with E-state index in [-0.39, 0.29) is 11.9 Å². The van der Waals surface area contributed by atoms with Crippen molar-refractivity contribution in [3.8, 4) is 0 Å². The van der Waals surface area contributed by atoms with Crippen LogP contribution in [0.1, 0.15) is 19.3 Å². The molecule has 1 saturated heterocycles. The van der Waals surface area contributed by atoms with E-state index in [0.29, 0.717) is 13.0 Å². The fourth-order valence-corrected chi connectivity index (χ4v) is 2.39. The molecular weight excluding hydrogens is 322 g/mol. The highest BCUT2D eigenvalue weighted by atomic mass is 79.9. The molecule has 1 fully saturated rings. The van der Waals surface area contributed by atoms with Gasteiger partial charge < -0.3 is 15.5 Å². The first-order valence-corrected chi connectivity index (χ1v) is 7.52. The molecule has 20 heavy (non-hydrogen) atoms. The van der Waals surface area contributed by atoms with Gasteiger partial charge in [0, 0.05) is 36.2 Å². The van der Waals surface area contributed by atoms with Crippen LogP contribution in [0.4, 0.5) is 10.5 Å². The van der Waals surface area contributed by atoms with Gasteiger partial charge in [-0.3, -0.25) is 4.79 Å². The third-order valence-corrected chi connectivity index (χ3v) is 3.69. The minimum Gasteiger partial charge on any atom is -0.343 e. The highest BCUT2D eigenvalue weighted by molar-refractivity contribution is 9.10. The molecule has 0 aromatic heterocycles. The SMILES string of the molecule is O=C(NCCCN1CCCC1=O)Nc1ccc(Br)cc1. The van der Waals surface area contributed by atoms with E-state index in [0.717, 1.165) is 36.1 Å². The molecule has 1 aliphatic heterocycles. The Labute approximate surface area is 126 Å². The molecule has 1 aliphatic rings. The van der Waals surface area contributed by atoms with Gasteiger partial charge in [-0.15, -0.1) is 0 Å². The minimum atomic E-state index is -0.222. The Morgan fingerprint density at radius 2 is 2.05 bits per heavy atom. The molecule has 2 N–H and O–H groups in total. The number of carbonyl (C=O) groups is 2. The fourth-order valence-electron chi connectivity index (χ4n) is 2.12. The van der Waals surface area contributed by atoms with Crippen molar-refractivity contribution in [2.24, 2.45) is 0 Å². The van der Waals surface area contributed by atoms with Crippen molar-refractivity contribution in [2.75, 3.05) is 25.0 Å². The summed E-state index contributed by atoms with van der Waals surface area (Å²) in [7, 11) is 0. The lowest BCUT2D eigenvalue weighted by atomic mass is 10.3. The van der Waals surface area contributed by atoms with Crippen molar-refractivity contribution in [3.05, 3.63) is 28.7 Å². The van der Waals surface area contributed by atoms with E-state index in [1.807, 2.05) is 29.2 Å². The normalized spacial score (nSPS) is 14.4. The molecule has 5 nitrogen and oxygen atoms in total. The van der Waals surface area contributed by atoms with Gasteiger partial charge in [0.05, 0.1) is 0 Å². The standard InChI is InChI=1S/C14H18BrN3O2/c15-11-4-6-12(7-5-11)17-14(20)16-8-2-10-18-9-1-3-13(18)19/h4-7H,1-3,8-10H2,(H2,16,17,20). The number of anilines is 1. The zero-order chi connectivity index (χ0) is 14.4. The molecule has 2 rings (SSSR count). The number of nitrogens with zero attached hydrogens (tertiary/aromatic N) is 1. The maximum atomic E-state index is 11.6. The smallest absolute Gasteiger partial charge is 0.319 e. The lowest BCUT2D eigenvalue weighted by Gasteiger charge is -2.15. The van der Waals surface area contributed by atoms with Crippen LogP contribution in [0.25, 0.3) is 0 Å². The third-order valence-electron chi connectivity index (χ3n) is 3.16. The summed E-state index contributed by atoms with van der Waals surface area (Å²) in [6.07, 6.45) is 2.40. The Bertz CT molecular complexity index is 476. The van der Waals surface area contributed by atoms with Crippen molar-refractivity contribution < 1.29 is 9.59 Å².